The van der Waals surface area contributed by atoms with Gasteiger partial charge in [0.05, 0.1) is 11.6 Å². The maximum atomic E-state index is 12.2. The van der Waals surface area contributed by atoms with E-state index in [9.17, 15) is 9.59 Å². The van der Waals surface area contributed by atoms with Crippen molar-refractivity contribution in [2.45, 2.75) is 6.92 Å². The summed E-state index contributed by atoms with van der Waals surface area (Å²) in [5.41, 5.74) is 0.994. The van der Waals surface area contributed by atoms with Gasteiger partial charge >= 0.3 is 5.97 Å². The molecule has 116 valence electrons. The Morgan fingerprint density at radius 2 is 2.14 bits per heavy atom. The van der Waals surface area contributed by atoms with E-state index in [1.807, 2.05) is 6.07 Å². The highest BCUT2D eigenvalue weighted by atomic mass is 35.5. The van der Waals surface area contributed by atoms with E-state index in [4.69, 9.17) is 16.7 Å². The van der Waals surface area contributed by atoms with Crippen molar-refractivity contribution in [3.05, 3.63) is 47.2 Å². The van der Waals surface area contributed by atoms with E-state index >= 15 is 0 Å². The fourth-order valence-corrected chi connectivity index (χ4v) is 2.15. The van der Waals surface area contributed by atoms with Gasteiger partial charge in [-0.05, 0) is 24.3 Å². The lowest BCUT2D eigenvalue weighted by molar-refractivity contribution is -0.141. The van der Waals surface area contributed by atoms with E-state index in [2.05, 4.69) is 5.10 Å². The normalized spacial score (nSPS) is 12.0. The van der Waals surface area contributed by atoms with Gasteiger partial charge in [-0.2, -0.15) is 5.10 Å². The molecular weight excluding hydrogens is 306 g/mol. The van der Waals surface area contributed by atoms with Gasteiger partial charge in [-0.25, -0.2) is 4.68 Å². The number of nitrogens with zero attached hydrogens (tertiary/aromatic N) is 3. The van der Waals surface area contributed by atoms with Gasteiger partial charge in [0, 0.05) is 24.8 Å². The largest absolute Gasteiger partial charge is 0.481 e. The van der Waals surface area contributed by atoms with Crippen LogP contribution in [0.1, 0.15) is 17.4 Å². The van der Waals surface area contributed by atoms with Crippen LogP contribution in [0.2, 0.25) is 5.02 Å². The van der Waals surface area contributed by atoms with E-state index in [0.717, 1.165) is 5.69 Å². The van der Waals surface area contributed by atoms with Crippen LogP contribution >= 0.6 is 11.6 Å². The second kappa shape index (κ2) is 6.62. The number of carbonyl (C=O) groups is 2. The number of carboxylic acid groups (broad SMARTS) is 1. The third-order valence-electron chi connectivity index (χ3n) is 3.20. The highest BCUT2D eigenvalue weighted by Crippen LogP contribution is 2.15. The fraction of sp³-hybridized carbons (Fsp3) is 0.267. The summed E-state index contributed by atoms with van der Waals surface area (Å²) in [6.45, 7) is 1.68. The molecule has 1 heterocycles. The monoisotopic (exact) mass is 321 g/mol. The minimum absolute atomic E-state index is 0.123. The van der Waals surface area contributed by atoms with Crippen molar-refractivity contribution in [3.63, 3.8) is 0 Å². The highest BCUT2D eigenvalue weighted by Gasteiger charge is 2.20. The predicted octanol–water partition coefficient (Wildman–Crippen LogP) is 2.32. The Labute approximate surface area is 132 Å². The zero-order valence-electron chi connectivity index (χ0n) is 12.2. The Morgan fingerprint density at radius 3 is 2.77 bits per heavy atom. The Bertz CT molecular complexity index is 699. The third kappa shape index (κ3) is 3.65. The van der Waals surface area contributed by atoms with Crippen LogP contribution in [0, 0.1) is 5.92 Å². The van der Waals surface area contributed by atoms with Crippen LogP contribution in [-0.4, -0.2) is 45.3 Å². The molecule has 22 heavy (non-hydrogen) atoms. The zero-order valence-corrected chi connectivity index (χ0v) is 13.0. The van der Waals surface area contributed by atoms with Crippen molar-refractivity contribution in [2.75, 3.05) is 13.6 Å². The molecule has 0 aliphatic heterocycles. The molecule has 2 aromatic rings. The number of rotatable bonds is 5. The lowest BCUT2D eigenvalue weighted by Crippen LogP contribution is -2.34. The first-order valence-corrected chi connectivity index (χ1v) is 7.06. The van der Waals surface area contributed by atoms with E-state index in [-0.39, 0.29) is 18.1 Å². The number of benzene rings is 1. The molecule has 7 heteroatoms. The number of carboxylic acids is 1. The molecule has 1 unspecified atom stereocenters. The standard InChI is InChI=1S/C15H16ClN3O3/c1-10(15(21)22)9-18(2)14(20)13-6-7-19(17-13)12-5-3-4-11(16)8-12/h3-8,10H,9H2,1-2H3,(H,21,22). The minimum Gasteiger partial charge on any atom is -0.481 e. The molecule has 0 spiro atoms. The predicted molar refractivity (Wildman–Crippen MR) is 82.3 cm³/mol. The summed E-state index contributed by atoms with van der Waals surface area (Å²) in [4.78, 5) is 24.4. The molecular formula is C15H16ClN3O3. The van der Waals surface area contributed by atoms with Crippen LogP contribution in [0.15, 0.2) is 36.5 Å². The van der Waals surface area contributed by atoms with Gasteiger partial charge in [-0.15, -0.1) is 0 Å². The fourth-order valence-electron chi connectivity index (χ4n) is 1.97. The van der Waals surface area contributed by atoms with Crippen molar-refractivity contribution in [1.82, 2.24) is 14.7 Å². The van der Waals surface area contributed by atoms with E-state index in [1.165, 1.54) is 4.90 Å². The molecule has 2 rings (SSSR count). The molecule has 0 fully saturated rings. The number of amides is 1. The lowest BCUT2D eigenvalue weighted by Gasteiger charge is -2.18. The van der Waals surface area contributed by atoms with Gasteiger partial charge in [-0.3, -0.25) is 9.59 Å². The molecule has 0 radical (unpaired) electrons. The third-order valence-corrected chi connectivity index (χ3v) is 3.43. The molecule has 0 saturated carbocycles. The molecule has 1 atom stereocenters. The first-order valence-electron chi connectivity index (χ1n) is 6.68. The molecule has 1 aromatic heterocycles. The Balaban J connectivity index is 2.14. The van der Waals surface area contributed by atoms with Crippen LogP contribution in [0.25, 0.3) is 5.69 Å². The highest BCUT2D eigenvalue weighted by molar-refractivity contribution is 6.30. The Morgan fingerprint density at radius 1 is 1.41 bits per heavy atom. The maximum Gasteiger partial charge on any atom is 0.308 e. The first-order chi connectivity index (χ1) is 10.4. The molecule has 1 N–H and O–H groups in total. The van der Waals surface area contributed by atoms with E-state index in [1.54, 1.807) is 49.1 Å². The molecule has 0 aliphatic carbocycles. The van der Waals surface area contributed by atoms with Crippen LogP contribution in [0.4, 0.5) is 0 Å². The Kier molecular flexibility index (Phi) is 4.82. The lowest BCUT2D eigenvalue weighted by atomic mass is 10.2. The van der Waals surface area contributed by atoms with Crippen LogP contribution < -0.4 is 0 Å². The molecule has 0 bridgehead atoms. The van der Waals surface area contributed by atoms with Crippen molar-refractivity contribution in [2.24, 2.45) is 5.92 Å². The average molecular weight is 322 g/mol. The van der Waals surface area contributed by atoms with Gasteiger partial charge in [0.25, 0.3) is 5.91 Å². The molecule has 0 saturated heterocycles. The minimum atomic E-state index is -0.941. The summed E-state index contributed by atoms with van der Waals surface area (Å²) in [5, 5.41) is 13.7. The number of hydrogen-bond acceptors (Lipinski definition) is 3. The van der Waals surface area contributed by atoms with E-state index in [0.29, 0.717) is 5.02 Å². The van der Waals surface area contributed by atoms with E-state index < -0.39 is 11.9 Å². The topological polar surface area (TPSA) is 75.4 Å². The summed E-state index contributed by atoms with van der Waals surface area (Å²) in [5.74, 6) is -1.90. The van der Waals surface area contributed by atoms with Crippen molar-refractivity contribution < 1.29 is 14.7 Å². The second-order valence-corrected chi connectivity index (χ2v) is 5.49. The van der Waals surface area contributed by atoms with Gasteiger partial charge in [-0.1, -0.05) is 24.6 Å². The van der Waals surface area contributed by atoms with Crippen LogP contribution in [-0.2, 0) is 4.79 Å². The van der Waals surface area contributed by atoms with Crippen molar-refractivity contribution in [1.29, 1.82) is 0 Å². The Hall–Kier alpha value is -2.34. The summed E-state index contributed by atoms with van der Waals surface area (Å²) in [6, 6.07) is 8.69. The van der Waals surface area contributed by atoms with Crippen LogP contribution in [0.5, 0.6) is 0 Å². The quantitative estimate of drug-likeness (QED) is 0.917. The summed E-state index contributed by atoms with van der Waals surface area (Å²) >= 11 is 5.93. The smallest absolute Gasteiger partial charge is 0.308 e. The number of aliphatic carboxylic acids is 1. The molecule has 6 nitrogen and oxygen atoms in total. The SMILES string of the molecule is CC(CN(C)C(=O)c1ccn(-c2cccc(Cl)c2)n1)C(=O)O. The second-order valence-electron chi connectivity index (χ2n) is 5.05. The van der Waals surface area contributed by atoms with Gasteiger partial charge in [0.1, 0.15) is 0 Å². The molecule has 1 aromatic carbocycles. The number of aromatic nitrogens is 2. The maximum absolute atomic E-state index is 12.2. The number of hydrogen-bond donors (Lipinski definition) is 1. The van der Waals surface area contributed by atoms with Crippen LogP contribution in [0.3, 0.4) is 0 Å². The van der Waals surface area contributed by atoms with Crippen molar-refractivity contribution >= 4 is 23.5 Å². The molecule has 1 amide bonds. The summed E-state index contributed by atoms with van der Waals surface area (Å²) in [7, 11) is 1.56. The van der Waals surface area contributed by atoms with Gasteiger partial charge in [0.15, 0.2) is 5.69 Å². The summed E-state index contributed by atoms with van der Waals surface area (Å²) in [6.07, 6.45) is 1.66. The molecule has 0 aliphatic rings. The van der Waals surface area contributed by atoms with Crippen molar-refractivity contribution in [3.8, 4) is 5.69 Å². The number of carbonyl (C=O) groups excluding carboxylic acids is 1. The zero-order chi connectivity index (χ0) is 16.3. The first kappa shape index (κ1) is 16.0. The number of halogens is 1. The summed E-state index contributed by atoms with van der Waals surface area (Å²) < 4.78 is 1.55. The van der Waals surface area contributed by atoms with Gasteiger partial charge in [0.2, 0.25) is 0 Å². The average Bonchev–Trinajstić information content (AvgIpc) is 2.96. The van der Waals surface area contributed by atoms with Gasteiger partial charge < -0.3 is 10.0 Å².